The van der Waals surface area contributed by atoms with Crippen LogP contribution in [0.5, 0.6) is 0 Å². The van der Waals surface area contributed by atoms with Gasteiger partial charge in [0, 0.05) is 30.3 Å². The van der Waals surface area contributed by atoms with Crippen LogP contribution >= 0.6 is 0 Å². The molecule has 1 aromatic carbocycles. The van der Waals surface area contributed by atoms with Gasteiger partial charge >= 0.3 is 0 Å². The molecule has 6 nitrogen and oxygen atoms in total. The summed E-state index contributed by atoms with van der Waals surface area (Å²) in [6, 6.07) is 10.9. The second-order valence-electron chi connectivity index (χ2n) is 5.84. The number of fused-ring (bicyclic) bond motifs is 2. The van der Waals surface area contributed by atoms with Crippen molar-refractivity contribution in [3.8, 4) is 0 Å². The van der Waals surface area contributed by atoms with Gasteiger partial charge in [-0.25, -0.2) is 9.37 Å². The summed E-state index contributed by atoms with van der Waals surface area (Å²) in [5.74, 6) is 0.426. The predicted octanol–water partition coefficient (Wildman–Crippen LogP) is 3.06. The standard InChI is InChI=1S/C18H17FN6/c1-11(20-2)15-5-6-16-18(22-15)25(24-23-16)10-13-8-12-4-3-7-21-17(12)9-14(13)19/h3-9,23-24H,10H2,1-2H3. The molecule has 0 fully saturated rings. The molecular formula is C18H17FN6. The number of aromatic nitrogens is 2. The molecule has 0 unspecified atom stereocenters. The minimum atomic E-state index is -0.288. The van der Waals surface area contributed by atoms with Crippen molar-refractivity contribution in [1.82, 2.24) is 15.5 Å². The number of nitrogens with zero attached hydrogens (tertiary/aromatic N) is 4. The van der Waals surface area contributed by atoms with E-state index in [1.165, 1.54) is 6.07 Å². The van der Waals surface area contributed by atoms with Gasteiger partial charge in [0.1, 0.15) is 5.82 Å². The van der Waals surface area contributed by atoms with Crippen LogP contribution in [0.2, 0.25) is 0 Å². The molecule has 3 heterocycles. The molecule has 0 amide bonds. The van der Waals surface area contributed by atoms with Gasteiger partial charge in [-0.2, -0.15) is 0 Å². The number of nitrogens with one attached hydrogen (secondary N) is 2. The topological polar surface area (TPSA) is 65.4 Å². The van der Waals surface area contributed by atoms with Gasteiger partial charge in [-0.3, -0.25) is 15.0 Å². The van der Waals surface area contributed by atoms with Crippen LogP contribution < -0.4 is 16.0 Å². The molecule has 2 N–H and O–H groups in total. The Labute approximate surface area is 144 Å². The molecule has 0 saturated heterocycles. The second kappa shape index (κ2) is 6.10. The Kier molecular flexibility index (Phi) is 3.77. The number of hydrogen-bond donors (Lipinski definition) is 2. The molecule has 1 aliphatic heterocycles. The number of aliphatic imine (C=N–C) groups is 1. The first-order valence-electron chi connectivity index (χ1n) is 7.93. The van der Waals surface area contributed by atoms with Gasteiger partial charge < -0.3 is 5.43 Å². The van der Waals surface area contributed by atoms with E-state index < -0.39 is 0 Å². The number of hydrogen-bond acceptors (Lipinski definition) is 6. The van der Waals surface area contributed by atoms with Crippen molar-refractivity contribution in [1.29, 1.82) is 0 Å². The highest BCUT2D eigenvalue weighted by atomic mass is 19.1. The third-order valence-corrected chi connectivity index (χ3v) is 4.26. The van der Waals surface area contributed by atoms with Crippen molar-refractivity contribution < 1.29 is 4.39 Å². The van der Waals surface area contributed by atoms with Crippen LogP contribution in [0.1, 0.15) is 18.2 Å². The summed E-state index contributed by atoms with van der Waals surface area (Å²) in [6.45, 7) is 2.24. The van der Waals surface area contributed by atoms with Crippen molar-refractivity contribution in [2.24, 2.45) is 4.99 Å². The Morgan fingerprint density at radius 2 is 2.16 bits per heavy atom. The highest BCUT2D eigenvalue weighted by molar-refractivity contribution is 5.97. The molecule has 126 valence electrons. The van der Waals surface area contributed by atoms with E-state index >= 15 is 0 Å². The van der Waals surface area contributed by atoms with Crippen LogP contribution in [-0.4, -0.2) is 22.7 Å². The van der Waals surface area contributed by atoms with E-state index in [4.69, 9.17) is 0 Å². The first kappa shape index (κ1) is 15.5. The molecule has 0 radical (unpaired) electrons. The van der Waals surface area contributed by atoms with Crippen molar-refractivity contribution in [2.75, 3.05) is 17.5 Å². The summed E-state index contributed by atoms with van der Waals surface area (Å²) < 4.78 is 14.5. The largest absolute Gasteiger partial charge is 0.300 e. The van der Waals surface area contributed by atoms with E-state index in [-0.39, 0.29) is 5.82 Å². The fraction of sp³-hybridized carbons (Fsp3) is 0.167. The lowest BCUT2D eigenvalue weighted by Gasteiger charge is -2.18. The maximum absolute atomic E-state index is 14.5. The molecule has 0 bridgehead atoms. The summed E-state index contributed by atoms with van der Waals surface area (Å²) >= 11 is 0. The second-order valence-corrected chi connectivity index (χ2v) is 5.84. The van der Waals surface area contributed by atoms with E-state index in [2.05, 4.69) is 25.9 Å². The van der Waals surface area contributed by atoms with Gasteiger partial charge in [0.25, 0.3) is 0 Å². The summed E-state index contributed by atoms with van der Waals surface area (Å²) in [5.41, 5.74) is 9.77. The highest BCUT2D eigenvalue weighted by Crippen LogP contribution is 2.29. The minimum absolute atomic E-state index is 0.288. The molecule has 0 spiro atoms. The van der Waals surface area contributed by atoms with Crippen LogP contribution in [0.15, 0.2) is 47.6 Å². The van der Waals surface area contributed by atoms with Crippen LogP contribution in [0.25, 0.3) is 10.9 Å². The zero-order chi connectivity index (χ0) is 17.4. The van der Waals surface area contributed by atoms with E-state index in [9.17, 15) is 4.39 Å². The molecule has 3 aromatic rings. The number of hydrazine groups is 2. The van der Waals surface area contributed by atoms with Crippen molar-refractivity contribution in [3.05, 3.63) is 59.7 Å². The molecule has 4 rings (SSSR count). The van der Waals surface area contributed by atoms with E-state index in [1.807, 2.05) is 37.3 Å². The fourth-order valence-corrected chi connectivity index (χ4v) is 2.80. The van der Waals surface area contributed by atoms with Crippen LogP contribution in [0, 0.1) is 5.82 Å². The van der Waals surface area contributed by atoms with Gasteiger partial charge in [0.15, 0.2) is 5.82 Å². The van der Waals surface area contributed by atoms with E-state index in [1.54, 1.807) is 18.3 Å². The maximum atomic E-state index is 14.5. The summed E-state index contributed by atoms with van der Waals surface area (Å²) in [5, 5.41) is 2.68. The average Bonchev–Trinajstić information content (AvgIpc) is 3.04. The van der Waals surface area contributed by atoms with Crippen LogP contribution in [0.4, 0.5) is 15.9 Å². The Morgan fingerprint density at radius 3 is 3.00 bits per heavy atom. The number of rotatable bonds is 3. The smallest absolute Gasteiger partial charge is 0.170 e. The minimum Gasteiger partial charge on any atom is -0.300 e. The van der Waals surface area contributed by atoms with Gasteiger partial charge in [-0.05, 0) is 31.2 Å². The number of anilines is 2. The Balaban J connectivity index is 1.69. The normalized spacial score (nSPS) is 13.9. The van der Waals surface area contributed by atoms with Crippen molar-refractivity contribution in [3.63, 3.8) is 0 Å². The Morgan fingerprint density at radius 1 is 1.28 bits per heavy atom. The molecule has 25 heavy (non-hydrogen) atoms. The Hall–Kier alpha value is -3.06. The number of pyridine rings is 2. The van der Waals surface area contributed by atoms with Gasteiger partial charge in [0.05, 0.1) is 29.2 Å². The zero-order valence-electron chi connectivity index (χ0n) is 13.9. The average molecular weight is 336 g/mol. The Bertz CT molecular complexity index is 984. The van der Waals surface area contributed by atoms with Crippen molar-refractivity contribution >= 4 is 28.1 Å². The monoisotopic (exact) mass is 336 g/mol. The fourth-order valence-electron chi connectivity index (χ4n) is 2.80. The van der Waals surface area contributed by atoms with Gasteiger partial charge in [-0.1, -0.05) is 6.07 Å². The highest BCUT2D eigenvalue weighted by Gasteiger charge is 2.22. The third kappa shape index (κ3) is 2.78. The lowest BCUT2D eigenvalue weighted by molar-refractivity contribution is 0.598. The van der Waals surface area contributed by atoms with E-state index in [0.29, 0.717) is 23.4 Å². The lowest BCUT2D eigenvalue weighted by atomic mass is 10.1. The summed E-state index contributed by atoms with van der Waals surface area (Å²) in [7, 11) is 1.73. The first-order valence-corrected chi connectivity index (χ1v) is 7.93. The molecule has 7 heteroatoms. The first-order chi connectivity index (χ1) is 12.2. The lowest BCUT2D eigenvalue weighted by Crippen LogP contribution is -2.36. The molecule has 1 aliphatic rings. The van der Waals surface area contributed by atoms with Crippen LogP contribution in [0.3, 0.4) is 0 Å². The maximum Gasteiger partial charge on any atom is 0.170 e. The van der Waals surface area contributed by atoms with Crippen LogP contribution in [-0.2, 0) is 6.54 Å². The zero-order valence-corrected chi connectivity index (χ0v) is 13.9. The van der Waals surface area contributed by atoms with Gasteiger partial charge in [-0.15, -0.1) is 5.53 Å². The van der Waals surface area contributed by atoms with Crippen molar-refractivity contribution in [2.45, 2.75) is 13.5 Å². The third-order valence-electron chi connectivity index (χ3n) is 4.26. The van der Waals surface area contributed by atoms with Gasteiger partial charge in [0.2, 0.25) is 0 Å². The molecule has 0 atom stereocenters. The predicted molar refractivity (Wildman–Crippen MR) is 97.0 cm³/mol. The quantitative estimate of drug-likeness (QED) is 0.720. The molecule has 0 aliphatic carbocycles. The SMILES string of the molecule is CN=C(C)c1ccc2c(n1)N(Cc1cc3cccnc3cc1F)NN2. The van der Waals surface area contributed by atoms with E-state index in [0.717, 1.165) is 22.5 Å². The summed E-state index contributed by atoms with van der Waals surface area (Å²) in [6.07, 6.45) is 1.66. The molecular weight excluding hydrogens is 319 g/mol. The number of benzene rings is 1. The number of halogens is 1. The summed E-state index contributed by atoms with van der Waals surface area (Å²) in [4.78, 5) is 13.0. The molecule has 0 saturated carbocycles. The molecule has 2 aromatic heterocycles.